The average molecular weight is 388 g/mol. The predicted octanol–water partition coefficient (Wildman–Crippen LogP) is 4.45. The zero-order chi connectivity index (χ0) is 18.6. The van der Waals surface area contributed by atoms with Crippen molar-refractivity contribution in [3.8, 4) is 0 Å². The van der Waals surface area contributed by atoms with E-state index in [1.165, 1.54) is 49.8 Å². The van der Waals surface area contributed by atoms with Crippen LogP contribution in [-0.4, -0.2) is 42.6 Å². The topological polar surface area (TPSA) is 35.6 Å². The smallest absolute Gasteiger partial charge is 0.317 e. The summed E-state index contributed by atoms with van der Waals surface area (Å²) in [4.78, 5) is 17.4. The number of piperazine rings is 1. The van der Waals surface area contributed by atoms with Crippen LogP contribution in [0.4, 0.5) is 10.5 Å². The van der Waals surface area contributed by atoms with Crippen LogP contribution in [0.15, 0.2) is 18.2 Å². The molecule has 4 bridgehead atoms. The van der Waals surface area contributed by atoms with E-state index in [2.05, 4.69) is 23.2 Å². The zero-order valence-corrected chi connectivity index (χ0v) is 17.0. The molecule has 4 nitrogen and oxygen atoms in total. The van der Waals surface area contributed by atoms with Gasteiger partial charge in [-0.3, -0.25) is 0 Å². The average Bonchev–Trinajstić information content (AvgIpc) is 2.62. The number of hydrogen-bond donors (Lipinski definition) is 1. The number of halogens is 1. The highest BCUT2D eigenvalue weighted by Gasteiger charge is 2.51. The molecule has 5 fully saturated rings. The summed E-state index contributed by atoms with van der Waals surface area (Å²) < 4.78 is 0. The molecule has 5 heteroatoms. The Morgan fingerprint density at radius 3 is 2.22 bits per heavy atom. The Labute approximate surface area is 167 Å². The minimum atomic E-state index is 0.104. The first kappa shape index (κ1) is 17.7. The zero-order valence-electron chi connectivity index (χ0n) is 16.2. The summed E-state index contributed by atoms with van der Waals surface area (Å²) in [6, 6.07) is 6.22. The second kappa shape index (κ2) is 6.58. The van der Waals surface area contributed by atoms with E-state index in [-0.39, 0.29) is 11.6 Å². The predicted molar refractivity (Wildman–Crippen MR) is 109 cm³/mol. The van der Waals surface area contributed by atoms with Gasteiger partial charge in [0.25, 0.3) is 0 Å². The Morgan fingerprint density at radius 1 is 1.04 bits per heavy atom. The summed E-state index contributed by atoms with van der Waals surface area (Å²) in [6.45, 7) is 5.43. The van der Waals surface area contributed by atoms with Crippen LogP contribution in [0.5, 0.6) is 0 Å². The fraction of sp³-hybridized carbons (Fsp3) is 0.682. The molecule has 5 aliphatic rings. The van der Waals surface area contributed by atoms with E-state index in [1.807, 2.05) is 17.0 Å². The lowest BCUT2D eigenvalue weighted by atomic mass is 9.53. The van der Waals surface area contributed by atoms with Crippen molar-refractivity contribution in [2.24, 2.45) is 17.8 Å². The second-order valence-electron chi connectivity index (χ2n) is 9.53. The summed E-state index contributed by atoms with van der Waals surface area (Å²) in [5.74, 6) is 2.58. The van der Waals surface area contributed by atoms with Crippen molar-refractivity contribution in [1.82, 2.24) is 10.2 Å². The van der Waals surface area contributed by atoms with E-state index < -0.39 is 0 Å². The van der Waals surface area contributed by atoms with Gasteiger partial charge in [0.1, 0.15) is 0 Å². The van der Waals surface area contributed by atoms with E-state index in [9.17, 15) is 4.79 Å². The van der Waals surface area contributed by atoms with Crippen LogP contribution in [0.2, 0.25) is 5.02 Å². The number of urea groups is 1. The summed E-state index contributed by atoms with van der Waals surface area (Å²) in [5.41, 5.74) is 2.54. The molecular formula is C22H30ClN3O. The highest BCUT2D eigenvalue weighted by molar-refractivity contribution is 6.30. The van der Waals surface area contributed by atoms with Gasteiger partial charge in [-0.25, -0.2) is 4.79 Å². The Hall–Kier alpha value is -1.42. The molecular weight excluding hydrogens is 358 g/mol. The van der Waals surface area contributed by atoms with Crippen LogP contribution >= 0.6 is 11.6 Å². The molecule has 1 N–H and O–H groups in total. The molecule has 2 amide bonds. The molecule has 4 saturated carbocycles. The Kier molecular flexibility index (Phi) is 4.30. The molecule has 6 rings (SSSR count). The largest absolute Gasteiger partial charge is 0.368 e. The number of rotatable bonds is 2. The van der Waals surface area contributed by atoms with Gasteiger partial charge in [0, 0.05) is 42.4 Å². The number of amides is 2. The van der Waals surface area contributed by atoms with Crippen molar-refractivity contribution in [3.63, 3.8) is 0 Å². The van der Waals surface area contributed by atoms with Gasteiger partial charge < -0.3 is 15.1 Å². The number of nitrogens with one attached hydrogen (secondary N) is 1. The molecule has 1 aliphatic heterocycles. The number of carbonyl (C=O) groups excluding carboxylic acids is 1. The molecule has 27 heavy (non-hydrogen) atoms. The van der Waals surface area contributed by atoms with Gasteiger partial charge in [0.15, 0.2) is 0 Å². The second-order valence-corrected chi connectivity index (χ2v) is 9.97. The van der Waals surface area contributed by atoms with Crippen molar-refractivity contribution >= 4 is 23.3 Å². The van der Waals surface area contributed by atoms with Crippen molar-refractivity contribution < 1.29 is 4.79 Å². The monoisotopic (exact) mass is 387 g/mol. The van der Waals surface area contributed by atoms with E-state index in [0.29, 0.717) is 0 Å². The van der Waals surface area contributed by atoms with Crippen LogP contribution in [0.25, 0.3) is 0 Å². The normalized spacial score (nSPS) is 34.8. The highest BCUT2D eigenvalue weighted by atomic mass is 35.5. The standard InChI is InChI=1S/C22H30ClN3O/c1-15-2-3-19(23)11-20(15)25-4-6-26(7-5-25)21(27)24-22-12-16-8-17(13-22)10-18(9-16)14-22/h2-3,11,16-18H,4-10,12-14H2,1H3,(H,24,27). The molecule has 0 radical (unpaired) electrons. The molecule has 0 spiro atoms. The quantitative estimate of drug-likeness (QED) is 0.813. The number of aryl methyl sites for hydroxylation is 1. The number of hydrogen-bond acceptors (Lipinski definition) is 2. The van der Waals surface area contributed by atoms with Gasteiger partial charge >= 0.3 is 6.03 Å². The van der Waals surface area contributed by atoms with Crippen LogP contribution < -0.4 is 10.2 Å². The lowest BCUT2D eigenvalue weighted by Crippen LogP contribution is -2.63. The molecule has 1 aromatic carbocycles. The van der Waals surface area contributed by atoms with Crippen LogP contribution in [0, 0.1) is 24.7 Å². The first-order chi connectivity index (χ1) is 13.0. The van der Waals surface area contributed by atoms with Gasteiger partial charge in [-0.05, 0) is 80.9 Å². The third-order valence-corrected chi connectivity index (χ3v) is 7.72. The minimum absolute atomic E-state index is 0.104. The van der Waals surface area contributed by atoms with Crippen LogP contribution in [0.3, 0.4) is 0 Å². The lowest BCUT2D eigenvalue weighted by Gasteiger charge is -2.57. The third kappa shape index (κ3) is 3.30. The van der Waals surface area contributed by atoms with E-state index in [4.69, 9.17) is 11.6 Å². The maximum atomic E-state index is 13.0. The summed E-state index contributed by atoms with van der Waals surface area (Å²) >= 11 is 6.19. The first-order valence-electron chi connectivity index (χ1n) is 10.6. The molecule has 1 heterocycles. The maximum Gasteiger partial charge on any atom is 0.317 e. The number of benzene rings is 1. The van der Waals surface area contributed by atoms with Crippen molar-refractivity contribution in [2.45, 2.75) is 51.0 Å². The fourth-order valence-electron chi connectivity index (χ4n) is 6.64. The Balaban J connectivity index is 1.21. The minimum Gasteiger partial charge on any atom is -0.368 e. The van der Waals surface area contributed by atoms with Crippen molar-refractivity contribution in [3.05, 3.63) is 28.8 Å². The molecule has 146 valence electrons. The molecule has 1 saturated heterocycles. The molecule has 0 unspecified atom stereocenters. The molecule has 4 aliphatic carbocycles. The van der Waals surface area contributed by atoms with Gasteiger partial charge in [0.2, 0.25) is 0 Å². The van der Waals surface area contributed by atoms with E-state index >= 15 is 0 Å². The number of nitrogens with zero attached hydrogens (tertiary/aromatic N) is 2. The maximum absolute atomic E-state index is 13.0. The third-order valence-electron chi connectivity index (χ3n) is 7.49. The van der Waals surface area contributed by atoms with E-state index in [0.717, 1.165) is 49.0 Å². The van der Waals surface area contributed by atoms with Gasteiger partial charge in [-0.15, -0.1) is 0 Å². The highest BCUT2D eigenvalue weighted by Crippen LogP contribution is 2.55. The first-order valence-corrected chi connectivity index (χ1v) is 11.0. The number of carbonyl (C=O) groups is 1. The fourth-order valence-corrected chi connectivity index (χ4v) is 6.81. The summed E-state index contributed by atoms with van der Waals surface area (Å²) in [5, 5.41) is 4.29. The molecule has 1 aromatic rings. The molecule has 0 atom stereocenters. The van der Waals surface area contributed by atoms with Gasteiger partial charge in [-0.2, -0.15) is 0 Å². The Morgan fingerprint density at radius 2 is 1.63 bits per heavy atom. The van der Waals surface area contributed by atoms with Crippen LogP contribution in [0.1, 0.15) is 44.1 Å². The van der Waals surface area contributed by atoms with Crippen molar-refractivity contribution in [1.29, 1.82) is 0 Å². The van der Waals surface area contributed by atoms with Crippen molar-refractivity contribution in [2.75, 3.05) is 31.1 Å². The van der Waals surface area contributed by atoms with Gasteiger partial charge in [0.05, 0.1) is 0 Å². The van der Waals surface area contributed by atoms with Gasteiger partial charge in [-0.1, -0.05) is 17.7 Å². The Bertz CT molecular complexity index is 706. The van der Waals surface area contributed by atoms with E-state index in [1.54, 1.807) is 0 Å². The van der Waals surface area contributed by atoms with Crippen LogP contribution in [-0.2, 0) is 0 Å². The lowest BCUT2D eigenvalue weighted by molar-refractivity contribution is -0.0157. The summed E-state index contributed by atoms with van der Waals surface area (Å²) in [6.07, 6.45) is 7.87. The SMILES string of the molecule is Cc1ccc(Cl)cc1N1CCN(C(=O)NC23CC4CC(CC(C4)C2)C3)CC1. The summed E-state index contributed by atoms with van der Waals surface area (Å²) in [7, 11) is 0. The molecule has 0 aromatic heterocycles. The number of anilines is 1.